The number of piperazine rings is 1. The summed E-state index contributed by atoms with van der Waals surface area (Å²) in [5, 5.41) is 5.02. The molecule has 0 spiro atoms. The zero-order valence-corrected chi connectivity index (χ0v) is 23.7. The first-order chi connectivity index (χ1) is 16.9. The summed E-state index contributed by atoms with van der Waals surface area (Å²) in [5.74, 6) is -0.0228. The van der Waals surface area contributed by atoms with Gasteiger partial charge in [-0.25, -0.2) is 0 Å². The molecule has 5 nitrogen and oxygen atoms in total. The van der Waals surface area contributed by atoms with Gasteiger partial charge in [0.1, 0.15) is 0 Å². The zero-order valence-electron chi connectivity index (χ0n) is 20.6. The Hall–Kier alpha value is -1.89. The Balaban J connectivity index is 0.00000361. The van der Waals surface area contributed by atoms with Crippen LogP contribution in [0.2, 0.25) is 15.1 Å². The van der Waals surface area contributed by atoms with E-state index in [9.17, 15) is 4.79 Å². The number of carbonyl (C=O) groups excluding carboxylic acids is 1. The molecule has 1 aliphatic heterocycles. The molecule has 1 saturated heterocycles. The highest BCUT2D eigenvalue weighted by atomic mass is 35.5. The lowest BCUT2D eigenvalue weighted by Crippen LogP contribution is -2.47. The number of rotatable bonds is 8. The fourth-order valence-electron chi connectivity index (χ4n) is 4.69. The number of benzene rings is 2. The summed E-state index contributed by atoms with van der Waals surface area (Å²) >= 11 is 18.6. The van der Waals surface area contributed by atoms with Crippen molar-refractivity contribution in [3.8, 4) is 11.3 Å². The van der Waals surface area contributed by atoms with Crippen LogP contribution in [-0.2, 0) is 6.54 Å². The van der Waals surface area contributed by atoms with Gasteiger partial charge < -0.3 is 14.8 Å². The van der Waals surface area contributed by atoms with Crippen molar-refractivity contribution in [2.24, 2.45) is 0 Å². The van der Waals surface area contributed by atoms with Gasteiger partial charge in [-0.3, -0.25) is 9.69 Å². The Morgan fingerprint density at radius 1 is 1.00 bits per heavy atom. The molecule has 9 heteroatoms. The fourth-order valence-corrected chi connectivity index (χ4v) is 5.23. The molecule has 4 rings (SSSR count). The second-order valence-corrected chi connectivity index (χ2v) is 10.0. The molecule has 0 aliphatic carbocycles. The minimum absolute atomic E-state index is 0. The third kappa shape index (κ3) is 6.51. The van der Waals surface area contributed by atoms with Gasteiger partial charge in [-0.1, -0.05) is 53.0 Å². The van der Waals surface area contributed by atoms with Crippen LogP contribution in [0.1, 0.15) is 29.4 Å². The van der Waals surface area contributed by atoms with E-state index in [2.05, 4.69) is 26.6 Å². The fraction of sp³-hybridized carbons (Fsp3) is 0.370. The van der Waals surface area contributed by atoms with Gasteiger partial charge in [0.2, 0.25) is 0 Å². The summed E-state index contributed by atoms with van der Waals surface area (Å²) in [6, 6.07) is 15.5. The number of amides is 1. The van der Waals surface area contributed by atoms with E-state index in [1.807, 2.05) is 55.5 Å². The van der Waals surface area contributed by atoms with Crippen molar-refractivity contribution in [2.45, 2.75) is 26.8 Å². The number of anilines is 1. The Morgan fingerprint density at radius 2 is 1.69 bits per heavy atom. The van der Waals surface area contributed by atoms with Gasteiger partial charge in [0, 0.05) is 55.7 Å². The Kier molecular flexibility index (Phi) is 10.4. The van der Waals surface area contributed by atoms with E-state index >= 15 is 0 Å². The van der Waals surface area contributed by atoms with E-state index in [-0.39, 0.29) is 18.3 Å². The van der Waals surface area contributed by atoms with Crippen molar-refractivity contribution in [3.63, 3.8) is 0 Å². The molecular weight excluding hydrogens is 538 g/mol. The van der Waals surface area contributed by atoms with E-state index < -0.39 is 0 Å². The van der Waals surface area contributed by atoms with E-state index in [1.165, 1.54) is 0 Å². The molecule has 2 aromatic carbocycles. The summed E-state index contributed by atoms with van der Waals surface area (Å²) in [7, 11) is 0. The first-order valence-electron chi connectivity index (χ1n) is 12.0. The average molecular weight is 570 g/mol. The number of hydrogen-bond acceptors (Lipinski definition) is 3. The van der Waals surface area contributed by atoms with Crippen LogP contribution in [0.25, 0.3) is 11.3 Å². The van der Waals surface area contributed by atoms with Crippen LogP contribution in [0.5, 0.6) is 0 Å². The molecule has 1 aliphatic rings. The van der Waals surface area contributed by atoms with Crippen LogP contribution in [0.15, 0.2) is 48.5 Å². The minimum atomic E-state index is -0.0228. The van der Waals surface area contributed by atoms with Crippen molar-refractivity contribution in [2.75, 3.05) is 44.2 Å². The van der Waals surface area contributed by atoms with Crippen LogP contribution >= 0.6 is 47.2 Å². The maximum atomic E-state index is 13.0. The van der Waals surface area contributed by atoms with Crippen LogP contribution in [-0.4, -0.2) is 54.6 Å². The molecule has 0 atom stereocenters. The maximum absolute atomic E-state index is 13.0. The highest BCUT2D eigenvalue weighted by Crippen LogP contribution is 2.33. The Morgan fingerprint density at radius 3 is 2.36 bits per heavy atom. The van der Waals surface area contributed by atoms with Crippen LogP contribution in [0.4, 0.5) is 5.69 Å². The quantitative estimate of drug-likeness (QED) is 0.303. The monoisotopic (exact) mass is 568 g/mol. The zero-order chi connectivity index (χ0) is 24.9. The second kappa shape index (κ2) is 13.1. The third-order valence-corrected chi connectivity index (χ3v) is 7.71. The van der Waals surface area contributed by atoms with Crippen molar-refractivity contribution in [1.29, 1.82) is 0 Å². The van der Waals surface area contributed by atoms with Crippen molar-refractivity contribution in [1.82, 2.24) is 14.8 Å². The summed E-state index contributed by atoms with van der Waals surface area (Å²) in [6.45, 7) is 10.2. The van der Waals surface area contributed by atoms with Crippen LogP contribution in [0, 0.1) is 6.92 Å². The number of aromatic nitrogens is 1. The normalized spacial score (nSPS) is 14.0. The van der Waals surface area contributed by atoms with Crippen LogP contribution < -0.4 is 10.2 Å². The van der Waals surface area contributed by atoms with Gasteiger partial charge in [0.25, 0.3) is 5.91 Å². The van der Waals surface area contributed by atoms with Crippen molar-refractivity contribution < 1.29 is 4.79 Å². The number of hydrogen-bond donors (Lipinski definition) is 1. The van der Waals surface area contributed by atoms with Gasteiger partial charge in [-0.2, -0.15) is 0 Å². The van der Waals surface area contributed by atoms with Gasteiger partial charge in [-0.05, 0) is 62.7 Å². The summed E-state index contributed by atoms with van der Waals surface area (Å²) in [4.78, 5) is 17.7. The Labute approximate surface area is 234 Å². The second-order valence-electron chi connectivity index (χ2n) is 8.79. The lowest BCUT2D eigenvalue weighted by molar-refractivity contribution is 0.0950. The molecule has 194 valence electrons. The van der Waals surface area contributed by atoms with E-state index in [1.54, 1.807) is 0 Å². The molecule has 1 aromatic heterocycles. The highest BCUT2D eigenvalue weighted by molar-refractivity contribution is 6.43. The molecule has 1 N–H and O–H groups in total. The van der Waals surface area contributed by atoms with E-state index in [0.29, 0.717) is 21.6 Å². The summed E-state index contributed by atoms with van der Waals surface area (Å²) in [5.41, 5.74) is 4.79. The molecule has 0 bridgehead atoms. The lowest BCUT2D eigenvalue weighted by Gasteiger charge is -2.36. The smallest absolute Gasteiger partial charge is 0.253 e. The first kappa shape index (κ1) is 28.7. The predicted octanol–water partition coefficient (Wildman–Crippen LogP) is 6.81. The Bertz CT molecular complexity index is 1170. The predicted molar refractivity (Wildman–Crippen MR) is 155 cm³/mol. The molecule has 0 saturated carbocycles. The van der Waals surface area contributed by atoms with Crippen molar-refractivity contribution >= 4 is 58.8 Å². The molecule has 2 heterocycles. The number of halogens is 4. The largest absolute Gasteiger partial charge is 0.368 e. The maximum Gasteiger partial charge on any atom is 0.253 e. The summed E-state index contributed by atoms with van der Waals surface area (Å²) < 4.78 is 2.17. The average Bonchev–Trinajstić information content (AvgIpc) is 3.20. The standard InChI is InChI=1S/C27H31Cl3N4O.ClH/c1-3-34-19(2)22(18-25(34)20-8-10-21(28)11-9-20)27(35)31-12-5-13-32-14-16-33(17-15-32)24-7-4-6-23(29)26(24)30;/h4,6-11,18H,3,5,12-17H2,1-2H3,(H,31,35);1H. The first-order valence-corrected chi connectivity index (χ1v) is 13.2. The third-order valence-electron chi connectivity index (χ3n) is 6.65. The molecule has 0 radical (unpaired) electrons. The molecular formula is C27H32Cl4N4O. The van der Waals surface area contributed by atoms with E-state index in [0.717, 1.165) is 73.9 Å². The van der Waals surface area contributed by atoms with Gasteiger partial charge in [0.15, 0.2) is 0 Å². The SMILES string of the molecule is CCn1c(-c2ccc(Cl)cc2)cc(C(=O)NCCCN2CCN(c3cccc(Cl)c3Cl)CC2)c1C.Cl. The molecule has 1 amide bonds. The topological polar surface area (TPSA) is 40.5 Å². The minimum Gasteiger partial charge on any atom is -0.368 e. The molecule has 1 fully saturated rings. The van der Waals surface area contributed by atoms with Gasteiger partial charge in [-0.15, -0.1) is 12.4 Å². The lowest BCUT2D eigenvalue weighted by atomic mass is 10.1. The number of nitrogens with zero attached hydrogens (tertiary/aromatic N) is 3. The van der Waals surface area contributed by atoms with Crippen molar-refractivity contribution in [3.05, 3.63) is 74.9 Å². The van der Waals surface area contributed by atoms with Gasteiger partial charge in [0.05, 0.1) is 21.3 Å². The number of carbonyl (C=O) groups is 1. The highest BCUT2D eigenvalue weighted by Gasteiger charge is 2.20. The molecule has 3 aromatic rings. The van der Waals surface area contributed by atoms with E-state index in [4.69, 9.17) is 34.8 Å². The van der Waals surface area contributed by atoms with Gasteiger partial charge >= 0.3 is 0 Å². The summed E-state index contributed by atoms with van der Waals surface area (Å²) in [6.07, 6.45) is 0.904. The molecule has 0 unspecified atom stereocenters. The number of nitrogens with one attached hydrogen (secondary N) is 1. The van der Waals surface area contributed by atoms with Crippen LogP contribution in [0.3, 0.4) is 0 Å². The molecule has 36 heavy (non-hydrogen) atoms.